The Labute approximate surface area is 166 Å². The van der Waals surface area contributed by atoms with Crippen LogP contribution in [0, 0.1) is 30.6 Å². The van der Waals surface area contributed by atoms with Crippen molar-refractivity contribution >= 4 is 0 Å². The molecule has 14 heavy (non-hydrogen) atoms. The minimum absolute atomic E-state index is 0. The Morgan fingerprint density at radius 1 is 1.14 bits per heavy atom. The van der Waals surface area contributed by atoms with Crippen molar-refractivity contribution in [1.82, 2.24) is 0 Å². The van der Waals surface area contributed by atoms with Crippen molar-refractivity contribution in [3.63, 3.8) is 0 Å². The zero-order chi connectivity index (χ0) is 8.70. The van der Waals surface area contributed by atoms with Gasteiger partial charge in [0.15, 0.2) is 0 Å². The van der Waals surface area contributed by atoms with Crippen LogP contribution >= 0.6 is 0 Å². The van der Waals surface area contributed by atoms with Gasteiger partial charge in [0.25, 0.3) is 0 Å². The van der Waals surface area contributed by atoms with Gasteiger partial charge in [-0.2, -0.15) is 5.41 Å². The summed E-state index contributed by atoms with van der Waals surface area (Å²) < 4.78 is 0. The first-order valence-corrected chi connectivity index (χ1v) is 4.52. The first-order valence-electron chi connectivity index (χ1n) is 4.52. The summed E-state index contributed by atoms with van der Waals surface area (Å²) in [5.41, 5.74) is 0.814. The predicted octanol–water partition coefficient (Wildman–Crippen LogP) is 3.48. The second-order valence-corrected chi connectivity index (χ2v) is 5.22. The van der Waals surface area contributed by atoms with E-state index in [2.05, 4.69) is 34.6 Å². The van der Waals surface area contributed by atoms with Crippen LogP contribution in [0.3, 0.4) is 0 Å². The fourth-order valence-electron chi connectivity index (χ4n) is 1.80. The summed E-state index contributed by atoms with van der Waals surface area (Å²) in [6, 6.07) is 0. The molecule has 0 N–H and O–H groups in total. The van der Waals surface area contributed by atoms with Crippen molar-refractivity contribution in [2.75, 3.05) is 0 Å². The summed E-state index contributed by atoms with van der Waals surface area (Å²) in [4.78, 5) is 0. The van der Waals surface area contributed by atoms with E-state index >= 15 is 0 Å². The Balaban J connectivity index is -0.000000403. The van der Waals surface area contributed by atoms with Crippen molar-refractivity contribution in [1.29, 1.82) is 0 Å². The zero-order valence-electron chi connectivity index (χ0n) is 9.84. The van der Waals surface area contributed by atoms with Gasteiger partial charge in [0.2, 0.25) is 0 Å². The van der Waals surface area contributed by atoms with Crippen LogP contribution in [0.1, 0.15) is 40.0 Å². The SMILES string of the molecule is [CH2-]CC1([CH2-])CC(C(C)(C)C)C1.[Y].[Y].[Y]. The van der Waals surface area contributed by atoms with Crippen LogP contribution in [0.4, 0.5) is 0 Å². The minimum Gasteiger partial charge on any atom is -0.345 e. The van der Waals surface area contributed by atoms with Crippen molar-refractivity contribution in [2.45, 2.75) is 40.0 Å². The first-order chi connectivity index (χ1) is 4.87. The third kappa shape index (κ3) is 6.30. The number of hydrogen-bond acceptors (Lipinski definition) is 0. The van der Waals surface area contributed by atoms with Crippen LogP contribution in [0.25, 0.3) is 0 Å². The smallest absolute Gasteiger partial charge is 0 e. The molecule has 0 unspecified atom stereocenters. The van der Waals surface area contributed by atoms with Gasteiger partial charge in [-0.05, 0) is 11.3 Å². The quantitative estimate of drug-likeness (QED) is 0.572. The Morgan fingerprint density at radius 3 is 1.71 bits per heavy atom. The molecule has 0 atom stereocenters. The van der Waals surface area contributed by atoms with Gasteiger partial charge in [-0.3, -0.25) is 0 Å². The summed E-state index contributed by atoms with van der Waals surface area (Å²) in [6.45, 7) is 15.1. The normalized spacial score (nSPS) is 30.2. The molecule has 1 aliphatic rings. The molecule has 0 heterocycles. The van der Waals surface area contributed by atoms with E-state index in [-0.39, 0.29) is 98.1 Å². The van der Waals surface area contributed by atoms with E-state index < -0.39 is 0 Å². The molecule has 0 aromatic rings. The van der Waals surface area contributed by atoms with Crippen LogP contribution in [0.2, 0.25) is 0 Å². The molecule has 0 aliphatic heterocycles. The zero-order valence-corrected chi connectivity index (χ0v) is 18.4. The van der Waals surface area contributed by atoms with Crippen LogP contribution < -0.4 is 0 Å². The van der Waals surface area contributed by atoms with Gasteiger partial charge in [-0.1, -0.05) is 33.6 Å². The van der Waals surface area contributed by atoms with Gasteiger partial charge in [0.1, 0.15) is 0 Å². The van der Waals surface area contributed by atoms with E-state index in [4.69, 9.17) is 0 Å². The third-order valence-corrected chi connectivity index (χ3v) is 3.11. The second-order valence-electron chi connectivity index (χ2n) is 5.22. The molecular formula is C11H20Y3-2. The van der Waals surface area contributed by atoms with E-state index in [0.29, 0.717) is 10.8 Å². The van der Waals surface area contributed by atoms with Crippen molar-refractivity contribution in [3.05, 3.63) is 13.8 Å². The molecule has 3 radical (unpaired) electrons. The van der Waals surface area contributed by atoms with Crippen molar-refractivity contribution in [3.8, 4) is 0 Å². The van der Waals surface area contributed by atoms with Crippen LogP contribution in [0.15, 0.2) is 0 Å². The summed E-state index contributed by atoms with van der Waals surface area (Å²) in [6.07, 6.45) is 3.56. The second kappa shape index (κ2) is 8.42. The number of hydrogen-bond donors (Lipinski definition) is 0. The van der Waals surface area contributed by atoms with Gasteiger partial charge in [-0.25, -0.2) is 6.42 Å². The Bertz CT molecular complexity index is 143. The topological polar surface area (TPSA) is 0 Å². The molecule has 0 spiro atoms. The largest absolute Gasteiger partial charge is 0.345 e. The maximum Gasteiger partial charge on any atom is 0 e. The molecule has 0 bridgehead atoms. The average Bonchev–Trinajstić information content (AvgIpc) is 1.78. The molecule has 1 rings (SSSR count). The molecule has 0 saturated heterocycles. The maximum absolute atomic E-state index is 4.20. The predicted molar refractivity (Wildman–Crippen MR) is 49.9 cm³/mol. The monoisotopic (exact) mass is 419 g/mol. The third-order valence-electron chi connectivity index (χ3n) is 3.11. The molecule has 3 heteroatoms. The average molecular weight is 419 g/mol. The maximum atomic E-state index is 4.20. The fraction of sp³-hybridized carbons (Fsp3) is 0.818. The Kier molecular flexibility index (Phi) is 13.5. The molecule has 0 amide bonds. The van der Waals surface area contributed by atoms with Crippen molar-refractivity contribution in [2.24, 2.45) is 16.7 Å². The molecular weight excluding hydrogens is 399 g/mol. The molecule has 0 aromatic carbocycles. The summed E-state index contributed by atoms with van der Waals surface area (Å²) in [5.74, 6) is 0.877. The van der Waals surface area contributed by atoms with Gasteiger partial charge >= 0.3 is 0 Å². The van der Waals surface area contributed by atoms with E-state index in [1.165, 1.54) is 12.8 Å². The van der Waals surface area contributed by atoms with Gasteiger partial charge in [0, 0.05) is 98.1 Å². The molecule has 1 aliphatic carbocycles. The number of rotatable bonds is 1. The van der Waals surface area contributed by atoms with Gasteiger partial charge in [-0.15, -0.1) is 0 Å². The summed E-state index contributed by atoms with van der Waals surface area (Å²) in [5, 5.41) is 0. The summed E-state index contributed by atoms with van der Waals surface area (Å²) in [7, 11) is 0. The van der Waals surface area contributed by atoms with E-state index in [1.807, 2.05) is 0 Å². The molecule has 75 valence electrons. The molecule has 1 fully saturated rings. The Hall–Kier alpha value is 3.31. The van der Waals surface area contributed by atoms with Gasteiger partial charge in [0.05, 0.1) is 0 Å². The van der Waals surface area contributed by atoms with E-state index in [9.17, 15) is 0 Å². The molecule has 0 nitrogen and oxygen atoms in total. The molecule has 0 aromatic heterocycles. The van der Waals surface area contributed by atoms with E-state index in [1.54, 1.807) is 0 Å². The first kappa shape index (κ1) is 22.5. The molecule has 1 saturated carbocycles. The fourth-order valence-corrected chi connectivity index (χ4v) is 1.80. The van der Waals surface area contributed by atoms with Crippen LogP contribution in [0.5, 0.6) is 0 Å². The standard InChI is InChI=1S/C11H20.3Y/c1-6-11(5)7-9(8-11)10(2,3)4;;;/h9H,1,5-8H2,2-4H3;;;/q-2;;;. The van der Waals surface area contributed by atoms with E-state index in [0.717, 1.165) is 12.3 Å². The Morgan fingerprint density at radius 2 is 1.50 bits per heavy atom. The van der Waals surface area contributed by atoms with Gasteiger partial charge < -0.3 is 13.8 Å². The van der Waals surface area contributed by atoms with Crippen LogP contribution in [-0.2, 0) is 98.1 Å². The van der Waals surface area contributed by atoms with Crippen molar-refractivity contribution < 1.29 is 98.1 Å². The summed E-state index contributed by atoms with van der Waals surface area (Å²) >= 11 is 0. The van der Waals surface area contributed by atoms with Crippen LogP contribution in [-0.4, -0.2) is 0 Å². The minimum atomic E-state index is 0.